The molecule has 1 heterocycles. The van der Waals surface area contributed by atoms with Crippen LogP contribution in [0.1, 0.15) is 43.9 Å². The van der Waals surface area contributed by atoms with Crippen LogP contribution in [0.3, 0.4) is 0 Å². The fourth-order valence-electron chi connectivity index (χ4n) is 3.00. The van der Waals surface area contributed by atoms with Crippen molar-refractivity contribution >= 4 is 0 Å². The molecule has 2 rings (SSSR count). The van der Waals surface area contributed by atoms with E-state index in [4.69, 9.17) is 0 Å². The number of likely N-dealkylation sites (N-methyl/N-ethyl adjacent to an activating group) is 1. The van der Waals surface area contributed by atoms with Gasteiger partial charge in [0.1, 0.15) is 0 Å². The molecule has 2 atom stereocenters. The predicted octanol–water partition coefficient (Wildman–Crippen LogP) is 3.13. The lowest BCUT2D eigenvalue weighted by molar-refractivity contribution is 0.238. The molecule has 2 heteroatoms. The van der Waals surface area contributed by atoms with Gasteiger partial charge in [-0.3, -0.25) is 4.90 Å². The molecule has 2 unspecified atom stereocenters. The largest absolute Gasteiger partial charge is 0.309 e. The summed E-state index contributed by atoms with van der Waals surface area (Å²) in [7, 11) is 0. The topological polar surface area (TPSA) is 15.3 Å². The first-order valence-electron chi connectivity index (χ1n) is 7.25. The second-order valence-electron chi connectivity index (χ2n) is 5.45. The minimum absolute atomic E-state index is 0.469. The Hall–Kier alpha value is -0.860. The molecule has 2 nitrogen and oxygen atoms in total. The minimum Gasteiger partial charge on any atom is -0.309 e. The molecule has 0 aromatic heterocycles. The van der Waals surface area contributed by atoms with Gasteiger partial charge in [0.25, 0.3) is 0 Å². The van der Waals surface area contributed by atoms with Crippen molar-refractivity contribution in [3.8, 4) is 0 Å². The van der Waals surface area contributed by atoms with Crippen LogP contribution >= 0.6 is 0 Å². The molecular weight excluding hydrogens is 220 g/mol. The zero-order chi connectivity index (χ0) is 13.0. The van der Waals surface area contributed by atoms with E-state index < -0.39 is 0 Å². The molecule has 0 aliphatic carbocycles. The Balaban J connectivity index is 2.10. The van der Waals surface area contributed by atoms with Crippen molar-refractivity contribution in [1.82, 2.24) is 10.2 Å². The van der Waals surface area contributed by atoms with Crippen LogP contribution in [0.25, 0.3) is 0 Å². The van der Waals surface area contributed by atoms with Gasteiger partial charge in [0, 0.05) is 18.6 Å². The molecule has 1 aliphatic rings. The maximum Gasteiger partial charge on any atom is 0.0451 e. The fourth-order valence-corrected chi connectivity index (χ4v) is 3.00. The van der Waals surface area contributed by atoms with Crippen molar-refractivity contribution in [3.05, 3.63) is 35.4 Å². The maximum absolute atomic E-state index is 3.65. The van der Waals surface area contributed by atoms with Crippen LogP contribution in [0.5, 0.6) is 0 Å². The van der Waals surface area contributed by atoms with Gasteiger partial charge >= 0.3 is 0 Å². The van der Waals surface area contributed by atoms with Crippen LogP contribution in [0.15, 0.2) is 24.3 Å². The number of rotatable bonds is 5. The van der Waals surface area contributed by atoms with E-state index in [1.165, 1.54) is 30.5 Å². The molecule has 1 N–H and O–H groups in total. The van der Waals surface area contributed by atoms with E-state index in [-0.39, 0.29) is 0 Å². The molecule has 0 saturated carbocycles. The first-order valence-corrected chi connectivity index (χ1v) is 7.25. The van der Waals surface area contributed by atoms with Crippen molar-refractivity contribution < 1.29 is 0 Å². The molecule has 18 heavy (non-hydrogen) atoms. The summed E-state index contributed by atoms with van der Waals surface area (Å²) in [6.07, 6.45) is 2.71. The lowest BCUT2D eigenvalue weighted by Crippen LogP contribution is -2.37. The molecule has 0 spiro atoms. The summed E-state index contributed by atoms with van der Waals surface area (Å²) >= 11 is 0. The van der Waals surface area contributed by atoms with Crippen LogP contribution in [-0.2, 0) is 0 Å². The quantitative estimate of drug-likeness (QED) is 0.858. The van der Waals surface area contributed by atoms with E-state index in [9.17, 15) is 0 Å². The van der Waals surface area contributed by atoms with E-state index in [1.807, 2.05) is 0 Å². The zero-order valence-electron chi connectivity index (χ0n) is 11.9. The highest BCUT2D eigenvalue weighted by atomic mass is 15.2. The van der Waals surface area contributed by atoms with Crippen LogP contribution in [0.4, 0.5) is 0 Å². The van der Waals surface area contributed by atoms with Crippen molar-refractivity contribution in [3.63, 3.8) is 0 Å². The summed E-state index contributed by atoms with van der Waals surface area (Å²) in [4.78, 5) is 2.62. The SMILES string of the molecule is CCNC(CN1CCCC1C)c1ccccc1C. The lowest BCUT2D eigenvalue weighted by atomic mass is 10.0. The van der Waals surface area contributed by atoms with Gasteiger partial charge < -0.3 is 5.32 Å². The number of aryl methyl sites for hydroxylation is 1. The van der Waals surface area contributed by atoms with E-state index >= 15 is 0 Å². The molecule has 1 aliphatic heterocycles. The Bertz CT molecular complexity index is 375. The second-order valence-corrected chi connectivity index (χ2v) is 5.45. The van der Waals surface area contributed by atoms with Crippen LogP contribution < -0.4 is 5.32 Å². The Morgan fingerprint density at radius 1 is 1.39 bits per heavy atom. The van der Waals surface area contributed by atoms with Gasteiger partial charge in [-0.15, -0.1) is 0 Å². The first-order chi connectivity index (χ1) is 8.72. The van der Waals surface area contributed by atoms with Crippen molar-refractivity contribution in [2.24, 2.45) is 0 Å². The summed E-state index contributed by atoms with van der Waals surface area (Å²) in [6, 6.07) is 9.98. The molecule has 0 radical (unpaired) electrons. The minimum atomic E-state index is 0.469. The summed E-state index contributed by atoms with van der Waals surface area (Å²) in [5.41, 5.74) is 2.86. The molecule has 1 saturated heterocycles. The first kappa shape index (κ1) is 13.6. The van der Waals surface area contributed by atoms with Crippen LogP contribution in [0, 0.1) is 6.92 Å². The number of hydrogen-bond donors (Lipinski definition) is 1. The summed E-state index contributed by atoms with van der Waals surface area (Å²) in [5, 5.41) is 3.65. The zero-order valence-corrected chi connectivity index (χ0v) is 11.9. The molecule has 1 aromatic rings. The Morgan fingerprint density at radius 2 is 2.17 bits per heavy atom. The maximum atomic E-state index is 3.65. The average molecular weight is 246 g/mol. The standard InChI is InChI=1S/C16H26N2/c1-4-17-16(12-18-11-7-9-14(18)3)15-10-6-5-8-13(15)2/h5-6,8,10,14,16-17H,4,7,9,11-12H2,1-3H3. The molecular formula is C16H26N2. The summed E-state index contributed by atoms with van der Waals surface area (Å²) in [6.45, 7) is 10.2. The van der Waals surface area contributed by atoms with Gasteiger partial charge in [-0.05, 0) is 50.9 Å². The highest BCUT2D eigenvalue weighted by Crippen LogP contribution is 2.23. The van der Waals surface area contributed by atoms with E-state index in [0.717, 1.165) is 19.1 Å². The number of benzene rings is 1. The van der Waals surface area contributed by atoms with Gasteiger partial charge in [-0.25, -0.2) is 0 Å². The highest BCUT2D eigenvalue weighted by molar-refractivity contribution is 5.29. The molecule has 100 valence electrons. The third-order valence-corrected chi connectivity index (χ3v) is 4.12. The predicted molar refractivity (Wildman–Crippen MR) is 77.9 cm³/mol. The van der Waals surface area contributed by atoms with Gasteiger partial charge in [-0.2, -0.15) is 0 Å². The average Bonchev–Trinajstić information content (AvgIpc) is 2.75. The fraction of sp³-hybridized carbons (Fsp3) is 0.625. The molecule has 1 fully saturated rings. The number of nitrogens with one attached hydrogen (secondary N) is 1. The smallest absolute Gasteiger partial charge is 0.0451 e. The van der Waals surface area contributed by atoms with Gasteiger partial charge in [0.05, 0.1) is 0 Å². The Morgan fingerprint density at radius 3 is 2.78 bits per heavy atom. The van der Waals surface area contributed by atoms with Gasteiger partial charge in [0.15, 0.2) is 0 Å². The Labute approximate surface area is 111 Å². The second kappa shape index (κ2) is 6.35. The molecule has 1 aromatic carbocycles. The molecule has 0 bridgehead atoms. The van der Waals surface area contributed by atoms with E-state index in [2.05, 4.69) is 55.3 Å². The summed E-state index contributed by atoms with van der Waals surface area (Å²) < 4.78 is 0. The number of likely N-dealkylation sites (tertiary alicyclic amines) is 1. The van der Waals surface area contributed by atoms with E-state index in [0.29, 0.717) is 6.04 Å². The van der Waals surface area contributed by atoms with Crippen molar-refractivity contribution in [2.75, 3.05) is 19.6 Å². The summed E-state index contributed by atoms with van der Waals surface area (Å²) in [5.74, 6) is 0. The Kier molecular flexibility index (Phi) is 4.79. The third kappa shape index (κ3) is 3.12. The number of hydrogen-bond acceptors (Lipinski definition) is 2. The third-order valence-electron chi connectivity index (χ3n) is 4.12. The number of nitrogens with zero attached hydrogens (tertiary/aromatic N) is 1. The van der Waals surface area contributed by atoms with Crippen molar-refractivity contribution in [2.45, 2.75) is 45.7 Å². The molecule has 0 amide bonds. The van der Waals surface area contributed by atoms with Crippen LogP contribution in [-0.4, -0.2) is 30.6 Å². The monoisotopic (exact) mass is 246 g/mol. The van der Waals surface area contributed by atoms with Crippen LogP contribution in [0.2, 0.25) is 0 Å². The van der Waals surface area contributed by atoms with Gasteiger partial charge in [0.2, 0.25) is 0 Å². The normalized spacial score (nSPS) is 22.3. The highest BCUT2D eigenvalue weighted by Gasteiger charge is 2.24. The van der Waals surface area contributed by atoms with Crippen molar-refractivity contribution in [1.29, 1.82) is 0 Å². The van der Waals surface area contributed by atoms with E-state index in [1.54, 1.807) is 0 Å². The van der Waals surface area contributed by atoms with Gasteiger partial charge in [-0.1, -0.05) is 31.2 Å². The lowest BCUT2D eigenvalue weighted by Gasteiger charge is -2.28.